The molecule has 0 radical (unpaired) electrons. The van der Waals surface area contributed by atoms with Gasteiger partial charge in [-0.2, -0.15) is 0 Å². The van der Waals surface area contributed by atoms with Gasteiger partial charge in [-0.1, -0.05) is 30.7 Å². The fourth-order valence-corrected chi connectivity index (χ4v) is 2.70. The summed E-state index contributed by atoms with van der Waals surface area (Å²) < 4.78 is 0. The number of hydrogen-bond donors (Lipinski definition) is 2. The Labute approximate surface area is 114 Å². The molecule has 0 amide bonds. The summed E-state index contributed by atoms with van der Waals surface area (Å²) in [7, 11) is 0. The highest BCUT2D eigenvalue weighted by Gasteiger charge is 2.17. The number of nitrogens with zero attached hydrogens (tertiary/aromatic N) is 1. The molecule has 1 aromatic carbocycles. The Morgan fingerprint density at radius 1 is 1.26 bits per heavy atom. The molecule has 1 atom stereocenters. The summed E-state index contributed by atoms with van der Waals surface area (Å²) in [4.78, 5) is 13.2. The molecule has 4 heteroatoms. The summed E-state index contributed by atoms with van der Waals surface area (Å²) in [5.74, 6) is -0.847. The van der Waals surface area contributed by atoms with E-state index in [1.54, 1.807) is 0 Å². The summed E-state index contributed by atoms with van der Waals surface area (Å²) in [6, 6.07) is 7.52. The van der Waals surface area contributed by atoms with Crippen LogP contribution in [0, 0.1) is 0 Å². The van der Waals surface area contributed by atoms with Crippen molar-refractivity contribution in [2.24, 2.45) is 5.73 Å². The molecule has 1 unspecified atom stereocenters. The van der Waals surface area contributed by atoms with Gasteiger partial charge in [0.25, 0.3) is 0 Å². The van der Waals surface area contributed by atoms with Gasteiger partial charge in [-0.3, -0.25) is 9.69 Å². The molecule has 104 valence electrons. The molecule has 1 aromatic rings. The average Bonchev–Trinajstić information content (AvgIpc) is 2.39. The topological polar surface area (TPSA) is 66.6 Å². The van der Waals surface area contributed by atoms with Crippen molar-refractivity contribution >= 4 is 5.97 Å². The summed E-state index contributed by atoms with van der Waals surface area (Å²) >= 11 is 0. The molecule has 0 aromatic heterocycles. The molecule has 1 aliphatic heterocycles. The van der Waals surface area contributed by atoms with Crippen LogP contribution < -0.4 is 5.73 Å². The highest BCUT2D eigenvalue weighted by Crippen LogP contribution is 2.22. The second kappa shape index (κ2) is 6.68. The van der Waals surface area contributed by atoms with Crippen molar-refractivity contribution in [2.75, 3.05) is 13.1 Å². The Morgan fingerprint density at radius 2 is 1.95 bits per heavy atom. The molecule has 0 aliphatic carbocycles. The van der Waals surface area contributed by atoms with Crippen LogP contribution in [0.4, 0.5) is 0 Å². The lowest BCUT2D eigenvalue weighted by Gasteiger charge is -2.28. The van der Waals surface area contributed by atoms with E-state index in [1.807, 2.05) is 18.2 Å². The van der Waals surface area contributed by atoms with Crippen LogP contribution in [0.25, 0.3) is 0 Å². The number of carboxylic acids is 1. The highest BCUT2D eigenvalue weighted by atomic mass is 16.4. The monoisotopic (exact) mass is 262 g/mol. The molecule has 1 saturated heterocycles. The summed E-state index contributed by atoms with van der Waals surface area (Å²) in [5.41, 5.74) is 8.14. The SMILES string of the molecule is NC(CC(=O)O)c1ccccc1CN1CCCCC1. The number of carbonyl (C=O) groups is 1. The van der Waals surface area contributed by atoms with Crippen LogP contribution in [0.3, 0.4) is 0 Å². The van der Waals surface area contributed by atoms with Gasteiger partial charge in [0.1, 0.15) is 0 Å². The third kappa shape index (κ3) is 4.04. The van der Waals surface area contributed by atoms with Crippen molar-refractivity contribution in [3.05, 3.63) is 35.4 Å². The Morgan fingerprint density at radius 3 is 2.63 bits per heavy atom. The number of carboxylic acid groups (broad SMARTS) is 1. The summed E-state index contributed by atoms with van der Waals surface area (Å²) in [5, 5.41) is 8.87. The van der Waals surface area contributed by atoms with Crippen molar-refractivity contribution < 1.29 is 9.90 Å². The van der Waals surface area contributed by atoms with Gasteiger partial charge in [0, 0.05) is 12.6 Å². The number of rotatable bonds is 5. The largest absolute Gasteiger partial charge is 0.481 e. The molecule has 1 heterocycles. The quantitative estimate of drug-likeness (QED) is 0.853. The van der Waals surface area contributed by atoms with E-state index in [1.165, 1.54) is 19.3 Å². The maximum atomic E-state index is 10.8. The third-order valence-electron chi connectivity index (χ3n) is 3.69. The number of benzene rings is 1. The molecule has 0 spiro atoms. The van der Waals surface area contributed by atoms with E-state index in [-0.39, 0.29) is 6.42 Å². The minimum absolute atomic E-state index is 0.0169. The van der Waals surface area contributed by atoms with E-state index in [2.05, 4.69) is 11.0 Å². The smallest absolute Gasteiger partial charge is 0.305 e. The van der Waals surface area contributed by atoms with Crippen molar-refractivity contribution in [2.45, 2.75) is 38.3 Å². The molecule has 2 rings (SSSR count). The van der Waals surface area contributed by atoms with Crippen molar-refractivity contribution in [3.63, 3.8) is 0 Å². The van der Waals surface area contributed by atoms with Crippen LogP contribution >= 0.6 is 0 Å². The maximum Gasteiger partial charge on any atom is 0.305 e. The molecule has 1 aliphatic rings. The van der Waals surface area contributed by atoms with E-state index < -0.39 is 12.0 Å². The number of likely N-dealkylation sites (tertiary alicyclic amines) is 1. The second-order valence-electron chi connectivity index (χ2n) is 5.24. The van der Waals surface area contributed by atoms with Crippen LogP contribution in [0.5, 0.6) is 0 Å². The number of piperidine rings is 1. The normalized spacial score (nSPS) is 18.2. The van der Waals surface area contributed by atoms with E-state index in [0.717, 1.165) is 30.8 Å². The Hall–Kier alpha value is -1.39. The standard InChI is InChI=1S/C15H22N2O2/c16-14(10-15(18)19)13-7-3-2-6-12(13)11-17-8-4-1-5-9-17/h2-3,6-7,14H,1,4-5,8-11,16H2,(H,18,19). The second-order valence-corrected chi connectivity index (χ2v) is 5.24. The first-order chi connectivity index (χ1) is 9.16. The van der Waals surface area contributed by atoms with Crippen molar-refractivity contribution in [1.82, 2.24) is 4.90 Å². The zero-order chi connectivity index (χ0) is 13.7. The van der Waals surface area contributed by atoms with Crippen LogP contribution in [0.1, 0.15) is 42.9 Å². The van der Waals surface area contributed by atoms with Crippen molar-refractivity contribution in [3.8, 4) is 0 Å². The van der Waals surface area contributed by atoms with Gasteiger partial charge >= 0.3 is 5.97 Å². The average molecular weight is 262 g/mol. The minimum Gasteiger partial charge on any atom is -0.481 e. The zero-order valence-electron chi connectivity index (χ0n) is 11.2. The van der Waals surface area contributed by atoms with E-state index >= 15 is 0 Å². The van der Waals surface area contributed by atoms with E-state index in [4.69, 9.17) is 10.8 Å². The Balaban J connectivity index is 2.08. The van der Waals surface area contributed by atoms with Crippen LogP contribution in [0.2, 0.25) is 0 Å². The molecular weight excluding hydrogens is 240 g/mol. The fourth-order valence-electron chi connectivity index (χ4n) is 2.70. The molecule has 4 nitrogen and oxygen atoms in total. The van der Waals surface area contributed by atoms with Gasteiger partial charge in [-0.05, 0) is 37.1 Å². The zero-order valence-corrected chi connectivity index (χ0v) is 11.2. The maximum absolute atomic E-state index is 10.8. The predicted octanol–water partition coefficient (Wildman–Crippen LogP) is 2.15. The lowest BCUT2D eigenvalue weighted by Crippen LogP contribution is -2.30. The van der Waals surface area contributed by atoms with Gasteiger partial charge in [-0.25, -0.2) is 0 Å². The molecule has 0 bridgehead atoms. The molecule has 1 fully saturated rings. The predicted molar refractivity (Wildman–Crippen MR) is 74.8 cm³/mol. The van der Waals surface area contributed by atoms with Gasteiger partial charge < -0.3 is 10.8 Å². The molecular formula is C15H22N2O2. The molecule has 19 heavy (non-hydrogen) atoms. The van der Waals surface area contributed by atoms with E-state index in [9.17, 15) is 4.79 Å². The number of nitrogens with two attached hydrogens (primary N) is 1. The van der Waals surface area contributed by atoms with E-state index in [0.29, 0.717) is 0 Å². The minimum atomic E-state index is -0.847. The summed E-state index contributed by atoms with van der Waals surface area (Å²) in [6.07, 6.45) is 3.81. The number of aliphatic carboxylic acids is 1. The van der Waals surface area contributed by atoms with Gasteiger partial charge in [0.15, 0.2) is 0 Å². The lowest BCUT2D eigenvalue weighted by atomic mass is 9.97. The summed E-state index contributed by atoms with van der Waals surface area (Å²) in [6.45, 7) is 3.13. The highest BCUT2D eigenvalue weighted by molar-refractivity contribution is 5.68. The number of hydrogen-bond acceptors (Lipinski definition) is 3. The van der Waals surface area contributed by atoms with Gasteiger partial charge in [0.05, 0.1) is 6.42 Å². The first-order valence-corrected chi connectivity index (χ1v) is 6.94. The fraction of sp³-hybridized carbons (Fsp3) is 0.533. The first-order valence-electron chi connectivity index (χ1n) is 6.94. The van der Waals surface area contributed by atoms with Gasteiger partial charge in [0.2, 0.25) is 0 Å². The van der Waals surface area contributed by atoms with Crippen molar-refractivity contribution in [1.29, 1.82) is 0 Å². The Bertz CT molecular complexity index is 428. The Kier molecular flexibility index (Phi) is 4.93. The van der Waals surface area contributed by atoms with Gasteiger partial charge in [-0.15, -0.1) is 0 Å². The van der Waals surface area contributed by atoms with Crippen LogP contribution in [-0.2, 0) is 11.3 Å². The van der Waals surface area contributed by atoms with Crippen LogP contribution in [-0.4, -0.2) is 29.1 Å². The molecule has 0 saturated carbocycles. The lowest BCUT2D eigenvalue weighted by molar-refractivity contribution is -0.137. The third-order valence-corrected chi connectivity index (χ3v) is 3.69. The first kappa shape index (κ1) is 14.0. The molecule has 3 N–H and O–H groups in total. The van der Waals surface area contributed by atoms with Crippen LogP contribution in [0.15, 0.2) is 24.3 Å².